The molecule has 0 saturated carbocycles. The molecule has 2 aromatic rings. The van der Waals surface area contributed by atoms with Crippen LogP contribution in [0.15, 0.2) is 41.3 Å². The molecule has 1 atom stereocenters. The summed E-state index contributed by atoms with van der Waals surface area (Å²) >= 11 is 0. The summed E-state index contributed by atoms with van der Waals surface area (Å²) in [5.41, 5.74) is 0.132. The van der Waals surface area contributed by atoms with Gasteiger partial charge in [-0.25, -0.2) is 8.42 Å². The maximum Gasteiger partial charge on any atom is 0.265 e. The number of carbonyl (C=O) groups excluding carboxylic acids is 1. The SMILES string of the molecule is CC1CN(C(=O)CN2c3cccc4cccc(c34)S2(=O)=O)CC(C)(C)O1. The Hall–Kier alpha value is -2.12. The first-order valence-corrected chi connectivity index (χ1v) is 10.1. The minimum absolute atomic E-state index is 0.0847. The summed E-state index contributed by atoms with van der Waals surface area (Å²) in [5, 5.41) is 1.55. The second-order valence-electron chi connectivity index (χ2n) is 7.61. The summed E-state index contributed by atoms with van der Waals surface area (Å²) in [6.07, 6.45) is -0.0847. The van der Waals surface area contributed by atoms with E-state index in [9.17, 15) is 13.2 Å². The van der Waals surface area contributed by atoms with Crippen LogP contribution in [0.25, 0.3) is 10.8 Å². The average Bonchev–Trinajstić information content (AvgIpc) is 2.76. The third kappa shape index (κ3) is 2.66. The quantitative estimate of drug-likeness (QED) is 0.809. The number of hydrogen-bond acceptors (Lipinski definition) is 4. The number of morpholine rings is 1. The van der Waals surface area contributed by atoms with Crippen LogP contribution in [0.5, 0.6) is 0 Å². The van der Waals surface area contributed by atoms with Gasteiger partial charge >= 0.3 is 0 Å². The summed E-state index contributed by atoms with van der Waals surface area (Å²) in [6.45, 7) is 6.51. The Morgan fingerprint density at radius 2 is 1.92 bits per heavy atom. The van der Waals surface area contributed by atoms with Gasteiger partial charge < -0.3 is 9.64 Å². The van der Waals surface area contributed by atoms with Crippen molar-refractivity contribution in [2.24, 2.45) is 0 Å². The van der Waals surface area contributed by atoms with Crippen molar-refractivity contribution < 1.29 is 17.9 Å². The lowest BCUT2D eigenvalue weighted by Gasteiger charge is -2.42. The average molecular weight is 374 g/mol. The van der Waals surface area contributed by atoms with Crippen LogP contribution in [0, 0.1) is 0 Å². The first kappa shape index (κ1) is 17.3. The first-order valence-electron chi connectivity index (χ1n) is 8.69. The van der Waals surface area contributed by atoms with Crippen LogP contribution >= 0.6 is 0 Å². The monoisotopic (exact) mass is 374 g/mol. The molecular weight excluding hydrogens is 352 g/mol. The summed E-state index contributed by atoms with van der Waals surface area (Å²) in [5.74, 6) is -0.207. The summed E-state index contributed by atoms with van der Waals surface area (Å²) < 4.78 is 33.1. The molecule has 1 unspecified atom stereocenters. The Labute approximate surface area is 153 Å². The highest BCUT2D eigenvalue weighted by atomic mass is 32.2. The van der Waals surface area contributed by atoms with Crippen LogP contribution < -0.4 is 4.31 Å². The van der Waals surface area contributed by atoms with Gasteiger partial charge in [0.2, 0.25) is 5.91 Å². The topological polar surface area (TPSA) is 66.9 Å². The number of sulfonamides is 1. The van der Waals surface area contributed by atoms with Crippen LogP contribution in [0.2, 0.25) is 0 Å². The lowest BCUT2D eigenvalue weighted by atomic mass is 10.1. The van der Waals surface area contributed by atoms with Crippen LogP contribution in [0.3, 0.4) is 0 Å². The normalized spacial score (nSPS) is 23.4. The third-order valence-corrected chi connectivity index (χ3v) is 6.68. The highest BCUT2D eigenvalue weighted by molar-refractivity contribution is 7.93. The van der Waals surface area contributed by atoms with E-state index in [2.05, 4.69) is 0 Å². The standard InChI is InChI=1S/C19H22N2O4S/c1-13-10-20(12-19(2,3)25-13)17(22)11-21-15-8-4-6-14-7-5-9-16(18(14)15)26(21,23)24/h4-9,13H,10-12H2,1-3H3. The minimum atomic E-state index is -3.72. The number of hydrogen-bond donors (Lipinski definition) is 0. The number of benzene rings is 2. The van der Waals surface area contributed by atoms with Gasteiger partial charge in [-0.2, -0.15) is 0 Å². The van der Waals surface area contributed by atoms with E-state index in [4.69, 9.17) is 4.74 Å². The molecule has 0 N–H and O–H groups in total. The van der Waals surface area contributed by atoms with Crippen LogP contribution in [0.4, 0.5) is 5.69 Å². The predicted molar refractivity (Wildman–Crippen MR) is 99.7 cm³/mol. The van der Waals surface area contributed by atoms with Gasteiger partial charge in [0, 0.05) is 18.5 Å². The number of anilines is 1. The molecule has 0 bridgehead atoms. The largest absolute Gasteiger partial charge is 0.369 e. The molecule has 2 aromatic carbocycles. The molecule has 1 saturated heterocycles. The zero-order valence-electron chi connectivity index (χ0n) is 15.1. The molecular formula is C19H22N2O4S. The smallest absolute Gasteiger partial charge is 0.265 e. The second-order valence-corrected chi connectivity index (χ2v) is 9.44. The molecule has 0 radical (unpaired) electrons. The van der Waals surface area contributed by atoms with Gasteiger partial charge in [0.25, 0.3) is 10.0 Å². The third-order valence-electron chi connectivity index (χ3n) is 4.88. The van der Waals surface area contributed by atoms with Gasteiger partial charge in [-0.3, -0.25) is 9.10 Å². The Bertz CT molecular complexity index is 995. The molecule has 1 amide bonds. The Morgan fingerprint density at radius 1 is 1.23 bits per heavy atom. The Balaban J connectivity index is 1.67. The number of nitrogens with zero attached hydrogens (tertiary/aromatic N) is 2. The molecule has 2 aliphatic heterocycles. The highest BCUT2D eigenvalue weighted by Crippen LogP contribution is 2.41. The van der Waals surface area contributed by atoms with E-state index in [-0.39, 0.29) is 23.5 Å². The number of carbonyl (C=O) groups is 1. The number of amides is 1. The molecule has 2 heterocycles. The van der Waals surface area contributed by atoms with E-state index in [1.807, 2.05) is 39.0 Å². The van der Waals surface area contributed by atoms with Gasteiger partial charge in [-0.05, 0) is 38.3 Å². The number of ether oxygens (including phenoxy) is 1. The fourth-order valence-electron chi connectivity index (χ4n) is 4.00. The maximum absolute atomic E-state index is 13.0. The van der Waals surface area contributed by atoms with E-state index in [0.29, 0.717) is 24.2 Å². The Morgan fingerprint density at radius 3 is 2.62 bits per heavy atom. The van der Waals surface area contributed by atoms with Crippen LogP contribution in [0.1, 0.15) is 20.8 Å². The molecule has 6 nitrogen and oxygen atoms in total. The first-order chi connectivity index (χ1) is 12.2. The van der Waals surface area contributed by atoms with Gasteiger partial charge in [-0.1, -0.05) is 24.3 Å². The lowest BCUT2D eigenvalue weighted by molar-refractivity contribution is -0.156. The molecule has 138 valence electrons. The maximum atomic E-state index is 13.0. The van der Waals surface area contributed by atoms with Crippen LogP contribution in [-0.4, -0.2) is 50.6 Å². The second kappa shape index (κ2) is 5.69. The molecule has 26 heavy (non-hydrogen) atoms. The minimum Gasteiger partial charge on any atom is -0.369 e. The molecule has 7 heteroatoms. The van der Waals surface area contributed by atoms with Crippen molar-refractivity contribution in [3.63, 3.8) is 0 Å². The van der Waals surface area contributed by atoms with Crippen molar-refractivity contribution in [3.05, 3.63) is 36.4 Å². The molecule has 0 aromatic heterocycles. The molecule has 2 aliphatic rings. The van der Waals surface area contributed by atoms with Crippen molar-refractivity contribution in [3.8, 4) is 0 Å². The van der Waals surface area contributed by atoms with E-state index < -0.39 is 15.6 Å². The van der Waals surface area contributed by atoms with E-state index in [1.165, 1.54) is 4.31 Å². The van der Waals surface area contributed by atoms with Crippen molar-refractivity contribution in [1.29, 1.82) is 0 Å². The predicted octanol–water partition coefficient (Wildman–Crippen LogP) is 2.37. The van der Waals surface area contributed by atoms with Crippen molar-refractivity contribution >= 4 is 32.4 Å². The highest BCUT2D eigenvalue weighted by Gasteiger charge is 2.39. The fourth-order valence-corrected chi connectivity index (χ4v) is 5.65. The summed E-state index contributed by atoms with van der Waals surface area (Å²) in [6, 6.07) is 10.7. The van der Waals surface area contributed by atoms with Gasteiger partial charge in [0.05, 0.1) is 22.3 Å². The van der Waals surface area contributed by atoms with Gasteiger partial charge in [0.15, 0.2) is 0 Å². The number of rotatable bonds is 2. The van der Waals surface area contributed by atoms with E-state index in [1.54, 1.807) is 23.1 Å². The van der Waals surface area contributed by atoms with Gasteiger partial charge in [-0.15, -0.1) is 0 Å². The molecule has 0 aliphatic carbocycles. The Kier molecular flexibility index (Phi) is 3.79. The molecule has 1 fully saturated rings. The van der Waals surface area contributed by atoms with E-state index in [0.717, 1.165) is 5.39 Å². The van der Waals surface area contributed by atoms with Crippen LogP contribution in [-0.2, 0) is 19.6 Å². The zero-order chi connectivity index (χ0) is 18.7. The van der Waals surface area contributed by atoms with Crippen molar-refractivity contribution in [2.45, 2.75) is 37.4 Å². The van der Waals surface area contributed by atoms with Gasteiger partial charge in [0.1, 0.15) is 6.54 Å². The fraction of sp³-hybridized carbons (Fsp3) is 0.421. The van der Waals surface area contributed by atoms with Crippen molar-refractivity contribution in [2.75, 3.05) is 23.9 Å². The zero-order valence-corrected chi connectivity index (χ0v) is 15.9. The van der Waals surface area contributed by atoms with Crippen molar-refractivity contribution in [1.82, 2.24) is 4.90 Å². The molecule has 4 rings (SSSR count). The summed E-state index contributed by atoms with van der Waals surface area (Å²) in [4.78, 5) is 14.9. The lowest BCUT2D eigenvalue weighted by Crippen LogP contribution is -2.55. The summed E-state index contributed by atoms with van der Waals surface area (Å²) in [7, 11) is -3.72. The molecule has 0 spiro atoms. The van der Waals surface area contributed by atoms with E-state index >= 15 is 0 Å².